The summed E-state index contributed by atoms with van der Waals surface area (Å²) in [5.41, 5.74) is 1.78. The van der Waals surface area contributed by atoms with Gasteiger partial charge in [-0.05, 0) is 23.8 Å². The van der Waals surface area contributed by atoms with E-state index in [4.69, 9.17) is 9.47 Å². The van der Waals surface area contributed by atoms with E-state index >= 15 is 0 Å². The third-order valence-electron chi connectivity index (χ3n) is 3.70. The van der Waals surface area contributed by atoms with E-state index < -0.39 is 0 Å². The van der Waals surface area contributed by atoms with Crippen molar-refractivity contribution >= 4 is 33.6 Å². The Labute approximate surface area is 134 Å². The molecule has 0 radical (unpaired) electrons. The van der Waals surface area contributed by atoms with Crippen molar-refractivity contribution in [1.29, 1.82) is 0 Å². The van der Waals surface area contributed by atoms with Crippen LogP contribution < -0.4 is 9.47 Å². The first-order chi connectivity index (χ1) is 10.6. The van der Waals surface area contributed by atoms with E-state index in [9.17, 15) is 9.59 Å². The zero-order valence-corrected chi connectivity index (χ0v) is 12.8. The number of ether oxygens (including phenoxy) is 2. The number of halogens is 1. The van der Waals surface area contributed by atoms with Gasteiger partial charge in [0, 0.05) is 15.6 Å². The maximum Gasteiger partial charge on any atom is 0.231 e. The van der Waals surface area contributed by atoms with Gasteiger partial charge in [-0.1, -0.05) is 40.2 Å². The summed E-state index contributed by atoms with van der Waals surface area (Å²) in [4.78, 5) is 24.8. The van der Waals surface area contributed by atoms with Gasteiger partial charge < -0.3 is 9.47 Å². The Bertz CT molecular complexity index is 830. The number of fused-ring (bicyclic) bond motifs is 2. The van der Waals surface area contributed by atoms with E-state index in [1.165, 1.54) is 0 Å². The molecule has 0 saturated heterocycles. The van der Waals surface area contributed by atoms with Gasteiger partial charge in [0.2, 0.25) is 6.79 Å². The predicted molar refractivity (Wildman–Crippen MR) is 83.3 cm³/mol. The maximum atomic E-state index is 12.4. The van der Waals surface area contributed by atoms with E-state index in [-0.39, 0.29) is 23.9 Å². The molecule has 0 fully saturated rings. The third-order valence-corrected chi connectivity index (χ3v) is 4.38. The van der Waals surface area contributed by atoms with Gasteiger partial charge in [0.05, 0.1) is 5.57 Å². The van der Waals surface area contributed by atoms with E-state index in [2.05, 4.69) is 15.9 Å². The summed E-state index contributed by atoms with van der Waals surface area (Å²) in [5.74, 6) is 0.752. The van der Waals surface area contributed by atoms with Crippen LogP contribution in [0.1, 0.15) is 26.3 Å². The van der Waals surface area contributed by atoms with Crippen molar-refractivity contribution in [2.45, 2.75) is 0 Å². The van der Waals surface area contributed by atoms with Crippen LogP contribution >= 0.6 is 15.9 Å². The minimum absolute atomic E-state index is 0.167. The van der Waals surface area contributed by atoms with E-state index in [0.717, 1.165) is 4.47 Å². The Balaban J connectivity index is 1.82. The minimum atomic E-state index is -0.245. The molecule has 108 valence electrons. The molecule has 1 aliphatic carbocycles. The molecule has 0 unspecified atom stereocenters. The second-order valence-corrected chi connectivity index (χ2v) is 5.84. The molecule has 2 aromatic carbocycles. The summed E-state index contributed by atoms with van der Waals surface area (Å²) in [7, 11) is 0. The van der Waals surface area contributed by atoms with Gasteiger partial charge in [0.25, 0.3) is 0 Å². The Morgan fingerprint density at radius 3 is 2.18 bits per heavy atom. The largest absolute Gasteiger partial charge is 0.454 e. The average Bonchev–Trinajstić information content (AvgIpc) is 3.06. The van der Waals surface area contributed by atoms with Crippen LogP contribution in [0.4, 0.5) is 0 Å². The molecule has 1 heterocycles. The Morgan fingerprint density at radius 2 is 1.55 bits per heavy atom. The van der Waals surface area contributed by atoms with Crippen molar-refractivity contribution in [1.82, 2.24) is 0 Å². The second kappa shape index (κ2) is 4.81. The quantitative estimate of drug-likeness (QED) is 0.578. The number of Topliss-reactive ketones (excluding diaryl/α,β-unsaturated/α-hetero) is 2. The van der Waals surface area contributed by atoms with Crippen molar-refractivity contribution in [3.8, 4) is 11.5 Å². The van der Waals surface area contributed by atoms with Crippen LogP contribution in [0.5, 0.6) is 11.5 Å². The van der Waals surface area contributed by atoms with Crippen molar-refractivity contribution in [3.05, 3.63) is 63.1 Å². The highest BCUT2D eigenvalue weighted by Gasteiger charge is 2.32. The topological polar surface area (TPSA) is 52.6 Å². The third kappa shape index (κ3) is 1.89. The molecule has 0 atom stereocenters. The molecule has 0 N–H and O–H groups in total. The highest BCUT2D eigenvalue weighted by atomic mass is 79.9. The zero-order valence-electron chi connectivity index (χ0n) is 11.3. The molecule has 0 spiro atoms. The molecule has 0 aromatic heterocycles. The summed E-state index contributed by atoms with van der Waals surface area (Å²) in [6.07, 6.45) is 1.59. The summed E-state index contributed by atoms with van der Waals surface area (Å²) in [5, 5.41) is 0. The van der Waals surface area contributed by atoms with Crippen LogP contribution in [0.2, 0.25) is 0 Å². The molecule has 4 nitrogen and oxygen atoms in total. The molecule has 22 heavy (non-hydrogen) atoms. The molecule has 0 amide bonds. The molecule has 2 aromatic rings. The van der Waals surface area contributed by atoms with Crippen molar-refractivity contribution in [3.63, 3.8) is 0 Å². The predicted octanol–water partition coefficient (Wildman–Crippen LogP) is 3.64. The number of carbonyl (C=O) groups is 2. The van der Waals surface area contributed by atoms with Gasteiger partial charge in [-0.2, -0.15) is 0 Å². The number of rotatable bonds is 1. The number of benzene rings is 2. The fraction of sp³-hybridized carbons (Fsp3) is 0.0588. The maximum absolute atomic E-state index is 12.4. The highest BCUT2D eigenvalue weighted by Crippen LogP contribution is 2.38. The lowest BCUT2D eigenvalue weighted by atomic mass is 10.1. The SMILES string of the molecule is O=C1C(=Cc2cc3c(cc2Br)OCO3)C(=O)c2ccccc21. The van der Waals surface area contributed by atoms with Gasteiger partial charge in [-0.15, -0.1) is 0 Å². The molecule has 4 rings (SSSR count). The van der Waals surface area contributed by atoms with Gasteiger partial charge >= 0.3 is 0 Å². The lowest BCUT2D eigenvalue weighted by Crippen LogP contribution is -2.00. The standard InChI is InChI=1S/C17H9BrO4/c18-13-7-15-14(21-8-22-15)6-9(13)5-12-16(19)10-3-1-2-4-11(10)17(12)20/h1-7H,8H2. The smallest absolute Gasteiger partial charge is 0.231 e. The monoisotopic (exact) mass is 356 g/mol. The second-order valence-electron chi connectivity index (χ2n) is 4.99. The number of hydrogen-bond acceptors (Lipinski definition) is 4. The van der Waals surface area contributed by atoms with Gasteiger partial charge in [0.15, 0.2) is 23.1 Å². The van der Waals surface area contributed by atoms with Crippen molar-refractivity contribution in [2.75, 3.05) is 6.79 Å². The van der Waals surface area contributed by atoms with E-state index in [1.54, 1.807) is 42.5 Å². The molecular weight excluding hydrogens is 348 g/mol. The van der Waals surface area contributed by atoms with Crippen molar-refractivity contribution in [2.24, 2.45) is 0 Å². The summed E-state index contributed by atoms with van der Waals surface area (Å²) in [6, 6.07) is 10.4. The lowest BCUT2D eigenvalue weighted by molar-refractivity contribution is 0.0990. The first-order valence-corrected chi connectivity index (χ1v) is 7.44. The number of ketones is 2. The average molecular weight is 357 g/mol. The van der Waals surface area contributed by atoms with Gasteiger partial charge in [0.1, 0.15) is 0 Å². The number of carbonyl (C=O) groups excluding carboxylic acids is 2. The summed E-state index contributed by atoms with van der Waals surface area (Å²) < 4.78 is 11.4. The molecule has 0 saturated carbocycles. The normalized spacial score (nSPS) is 15.2. The zero-order chi connectivity index (χ0) is 15.3. The summed E-state index contributed by atoms with van der Waals surface area (Å²) in [6.45, 7) is 0.172. The Hall–Kier alpha value is -2.40. The van der Waals surface area contributed by atoms with Gasteiger partial charge in [-0.3, -0.25) is 9.59 Å². The van der Waals surface area contributed by atoms with Crippen LogP contribution in [-0.2, 0) is 0 Å². The minimum Gasteiger partial charge on any atom is -0.454 e. The molecular formula is C17H9BrO4. The van der Waals surface area contributed by atoms with Crippen LogP contribution in [-0.4, -0.2) is 18.4 Å². The Morgan fingerprint density at radius 1 is 0.955 bits per heavy atom. The fourth-order valence-corrected chi connectivity index (χ4v) is 3.04. The first-order valence-electron chi connectivity index (χ1n) is 6.64. The molecule has 0 bridgehead atoms. The molecule has 2 aliphatic rings. The van der Waals surface area contributed by atoms with Crippen LogP contribution in [0.25, 0.3) is 6.08 Å². The number of hydrogen-bond donors (Lipinski definition) is 0. The Kier molecular flexibility index (Phi) is 2.90. The van der Waals surface area contributed by atoms with Crippen LogP contribution in [0.15, 0.2) is 46.4 Å². The van der Waals surface area contributed by atoms with Crippen LogP contribution in [0, 0.1) is 0 Å². The lowest BCUT2D eigenvalue weighted by Gasteiger charge is -2.03. The molecule has 5 heteroatoms. The highest BCUT2D eigenvalue weighted by molar-refractivity contribution is 9.10. The van der Waals surface area contributed by atoms with Crippen LogP contribution in [0.3, 0.4) is 0 Å². The fourth-order valence-electron chi connectivity index (χ4n) is 2.60. The number of allylic oxidation sites excluding steroid dienone is 1. The van der Waals surface area contributed by atoms with E-state index in [1.807, 2.05) is 0 Å². The first kappa shape index (κ1) is 13.3. The summed E-state index contributed by atoms with van der Waals surface area (Å²) >= 11 is 3.43. The van der Waals surface area contributed by atoms with E-state index in [0.29, 0.717) is 28.2 Å². The van der Waals surface area contributed by atoms with Crippen molar-refractivity contribution < 1.29 is 19.1 Å². The van der Waals surface area contributed by atoms with Gasteiger partial charge in [-0.25, -0.2) is 0 Å². The molecule has 1 aliphatic heterocycles.